The Bertz CT molecular complexity index is 850. The third-order valence-corrected chi connectivity index (χ3v) is 7.29. The molecule has 0 atom stereocenters. The van der Waals surface area contributed by atoms with Gasteiger partial charge in [-0.1, -0.05) is 107 Å². The van der Waals surface area contributed by atoms with Gasteiger partial charge in [0.25, 0.3) is 0 Å². The van der Waals surface area contributed by atoms with E-state index in [-0.39, 0.29) is 11.4 Å². The van der Waals surface area contributed by atoms with E-state index in [9.17, 15) is 4.79 Å². The van der Waals surface area contributed by atoms with Crippen molar-refractivity contribution in [3.63, 3.8) is 0 Å². The lowest BCUT2D eigenvalue weighted by Crippen LogP contribution is -2.37. The molecule has 0 spiro atoms. The summed E-state index contributed by atoms with van der Waals surface area (Å²) >= 11 is 6.56. The second-order valence-electron chi connectivity index (χ2n) is 9.49. The monoisotopic (exact) mass is 454 g/mol. The van der Waals surface area contributed by atoms with Gasteiger partial charge < -0.3 is 4.74 Å². The van der Waals surface area contributed by atoms with Gasteiger partial charge in [-0.3, -0.25) is 4.79 Å². The molecule has 3 rings (SSSR count). The quantitative estimate of drug-likeness (QED) is 0.192. The number of carbonyl (C=O) groups is 1. The van der Waals surface area contributed by atoms with E-state index < -0.39 is 0 Å². The Hall–Kier alpha value is -1.80. The Morgan fingerprint density at radius 2 is 1.56 bits per heavy atom. The van der Waals surface area contributed by atoms with Crippen LogP contribution in [0.15, 0.2) is 42.5 Å². The molecule has 0 radical (unpaired) electrons. The molecule has 174 valence electrons. The Morgan fingerprint density at radius 1 is 0.875 bits per heavy atom. The van der Waals surface area contributed by atoms with E-state index in [1.807, 2.05) is 18.2 Å². The van der Waals surface area contributed by atoms with E-state index in [1.165, 1.54) is 37.7 Å². The standard InChI is InChI=1S/C29H39ClO2/c1-3-5-7-9-12-23-13-15-24(16-14-23)25-17-18-27(26(30)22-25)32-28(31)29(19-6-4-2)20-10-8-11-21-29/h13-18,22H,3-12,19-21H2,1-2H3. The number of carbonyl (C=O) groups excluding carboxylic acids is 1. The molecule has 0 unspecified atom stereocenters. The predicted molar refractivity (Wildman–Crippen MR) is 135 cm³/mol. The van der Waals surface area contributed by atoms with E-state index in [1.54, 1.807) is 0 Å². The van der Waals surface area contributed by atoms with E-state index in [2.05, 4.69) is 38.1 Å². The Balaban J connectivity index is 1.66. The van der Waals surface area contributed by atoms with E-state index in [4.69, 9.17) is 16.3 Å². The van der Waals surface area contributed by atoms with Crippen LogP contribution in [0.5, 0.6) is 5.75 Å². The van der Waals surface area contributed by atoms with Gasteiger partial charge in [0.2, 0.25) is 0 Å². The highest BCUT2D eigenvalue weighted by Crippen LogP contribution is 2.42. The highest BCUT2D eigenvalue weighted by Gasteiger charge is 2.40. The van der Waals surface area contributed by atoms with Crippen LogP contribution in [0.25, 0.3) is 11.1 Å². The molecule has 1 aliphatic carbocycles. The summed E-state index contributed by atoms with van der Waals surface area (Å²) in [5.74, 6) is 0.391. The third-order valence-electron chi connectivity index (χ3n) is 6.99. The van der Waals surface area contributed by atoms with Crippen molar-refractivity contribution in [2.45, 2.75) is 97.3 Å². The van der Waals surface area contributed by atoms with Gasteiger partial charge in [0.1, 0.15) is 5.75 Å². The van der Waals surface area contributed by atoms with Crippen molar-refractivity contribution >= 4 is 17.6 Å². The van der Waals surface area contributed by atoms with Crippen molar-refractivity contribution < 1.29 is 9.53 Å². The van der Waals surface area contributed by atoms with Crippen LogP contribution < -0.4 is 4.74 Å². The molecule has 1 aliphatic rings. The molecule has 2 aromatic carbocycles. The van der Waals surface area contributed by atoms with Gasteiger partial charge in [-0.15, -0.1) is 0 Å². The summed E-state index contributed by atoms with van der Waals surface area (Å²) in [7, 11) is 0. The number of ether oxygens (including phenoxy) is 1. The molecule has 3 heteroatoms. The molecule has 2 nitrogen and oxygen atoms in total. The lowest BCUT2D eigenvalue weighted by Gasteiger charge is -2.35. The molecule has 1 fully saturated rings. The first kappa shape index (κ1) is 24.8. The summed E-state index contributed by atoms with van der Waals surface area (Å²) < 4.78 is 5.89. The first-order chi connectivity index (χ1) is 15.6. The average molecular weight is 455 g/mol. The number of benzene rings is 2. The maximum absolute atomic E-state index is 13.2. The minimum atomic E-state index is -0.330. The van der Waals surface area contributed by atoms with Crippen molar-refractivity contribution in [2.24, 2.45) is 5.41 Å². The summed E-state index contributed by atoms with van der Waals surface area (Å²) in [5.41, 5.74) is 3.23. The summed E-state index contributed by atoms with van der Waals surface area (Å²) in [6.45, 7) is 4.42. The SMILES string of the molecule is CCCCCCc1ccc(-c2ccc(OC(=O)C3(CCCC)CCCCC3)c(Cl)c2)cc1. The number of esters is 1. The fraction of sp³-hybridized carbons (Fsp3) is 0.552. The minimum Gasteiger partial charge on any atom is -0.425 e. The Morgan fingerprint density at radius 3 is 2.22 bits per heavy atom. The van der Waals surface area contributed by atoms with Gasteiger partial charge in [-0.05, 0) is 60.9 Å². The zero-order valence-electron chi connectivity index (χ0n) is 19.9. The predicted octanol–water partition coefficient (Wildman–Crippen LogP) is 9.18. The zero-order valence-corrected chi connectivity index (χ0v) is 20.7. The van der Waals surface area contributed by atoms with Gasteiger partial charge in [-0.2, -0.15) is 0 Å². The van der Waals surface area contributed by atoms with Crippen LogP contribution in [0.4, 0.5) is 0 Å². The Kier molecular flexibility index (Phi) is 9.66. The number of halogens is 1. The molecular weight excluding hydrogens is 416 g/mol. The van der Waals surface area contributed by atoms with Crippen LogP contribution in [0.3, 0.4) is 0 Å². The number of rotatable bonds is 11. The van der Waals surface area contributed by atoms with Crippen molar-refractivity contribution in [1.29, 1.82) is 0 Å². The summed E-state index contributed by atoms with van der Waals surface area (Å²) in [6, 6.07) is 14.5. The molecule has 32 heavy (non-hydrogen) atoms. The van der Waals surface area contributed by atoms with Gasteiger partial charge in [0.05, 0.1) is 10.4 Å². The number of hydrogen-bond acceptors (Lipinski definition) is 2. The van der Waals surface area contributed by atoms with Crippen LogP contribution in [0.1, 0.15) is 96.5 Å². The largest absolute Gasteiger partial charge is 0.425 e. The molecule has 0 heterocycles. The highest BCUT2D eigenvalue weighted by atomic mass is 35.5. The smallest absolute Gasteiger partial charge is 0.317 e. The maximum atomic E-state index is 13.2. The lowest BCUT2D eigenvalue weighted by atomic mass is 9.71. The summed E-state index contributed by atoms with van der Waals surface area (Å²) in [5, 5.41) is 0.501. The molecule has 0 N–H and O–H groups in total. The van der Waals surface area contributed by atoms with E-state index in [0.29, 0.717) is 10.8 Å². The molecule has 1 saturated carbocycles. The second-order valence-corrected chi connectivity index (χ2v) is 9.89. The van der Waals surface area contributed by atoms with Gasteiger partial charge in [-0.25, -0.2) is 0 Å². The topological polar surface area (TPSA) is 26.3 Å². The van der Waals surface area contributed by atoms with Crippen molar-refractivity contribution in [3.05, 3.63) is 53.1 Å². The number of unbranched alkanes of at least 4 members (excludes halogenated alkanes) is 4. The molecule has 0 aromatic heterocycles. The van der Waals surface area contributed by atoms with Crippen LogP contribution in [0, 0.1) is 5.41 Å². The fourth-order valence-corrected chi connectivity index (χ4v) is 5.11. The van der Waals surface area contributed by atoms with Crippen LogP contribution in [0.2, 0.25) is 5.02 Å². The summed E-state index contributed by atoms with van der Waals surface area (Å²) in [6.07, 6.45) is 14.7. The average Bonchev–Trinajstić information content (AvgIpc) is 2.83. The maximum Gasteiger partial charge on any atom is 0.317 e. The third kappa shape index (κ3) is 6.61. The first-order valence-corrected chi connectivity index (χ1v) is 13.1. The van der Waals surface area contributed by atoms with Crippen molar-refractivity contribution in [2.75, 3.05) is 0 Å². The Labute approximate surface area is 199 Å². The molecule has 2 aromatic rings. The fourth-order valence-electron chi connectivity index (χ4n) is 4.89. The molecule has 0 amide bonds. The lowest BCUT2D eigenvalue weighted by molar-refractivity contribution is -0.148. The van der Waals surface area contributed by atoms with Crippen LogP contribution in [-0.2, 0) is 11.2 Å². The number of aryl methyl sites for hydroxylation is 1. The van der Waals surface area contributed by atoms with Gasteiger partial charge >= 0.3 is 5.97 Å². The molecular formula is C29H39ClO2. The first-order valence-electron chi connectivity index (χ1n) is 12.7. The van der Waals surface area contributed by atoms with E-state index >= 15 is 0 Å². The molecule has 0 aliphatic heterocycles. The zero-order chi connectivity index (χ0) is 22.8. The van der Waals surface area contributed by atoms with Crippen molar-refractivity contribution in [3.8, 4) is 16.9 Å². The van der Waals surface area contributed by atoms with E-state index in [0.717, 1.165) is 62.5 Å². The van der Waals surface area contributed by atoms with Gasteiger partial charge in [0, 0.05) is 0 Å². The van der Waals surface area contributed by atoms with Gasteiger partial charge in [0.15, 0.2) is 0 Å². The molecule has 0 saturated heterocycles. The van der Waals surface area contributed by atoms with Crippen LogP contribution in [-0.4, -0.2) is 5.97 Å². The molecule has 0 bridgehead atoms. The van der Waals surface area contributed by atoms with Crippen molar-refractivity contribution in [1.82, 2.24) is 0 Å². The number of hydrogen-bond donors (Lipinski definition) is 0. The minimum absolute atomic E-state index is 0.0901. The second kappa shape index (κ2) is 12.4. The normalized spacial score (nSPS) is 15.5. The summed E-state index contributed by atoms with van der Waals surface area (Å²) in [4.78, 5) is 13.2. The van der Waals surface area contributed by atoms with Crippen LogP contribution >= 0.6 is 11.6 Å². The highest BCUT2D eigenvalue weighted by molar-refractivity contribution is 6.32.